The molecule has 2 aliphatic rings. The molecule has 2 N–H and O–H groups in total. The Morgan fingerprint density at radius 1 is 0.861 bits per heavy atom. The van der Waals surface area contributed by atoms with Gasteiger partial charge in [-0.1, -0.05) is 42.5 Å². The maximum Gasteiger partial charge on any atom is 0.328 e. The predicted octanol–water partition coefficient (Wildman–Crippen LogP) is 4.62. The first kappa shape index (κ1) is 23.1. The second kappa shape index (κ2) is 9.54. The number of ether oxygens (including phenoxy) is 2. The predicted molar refractivity (Wildman–Crippen MR) is 134 cm³/mol. The summed E-state index contributed by atoms with van der Waals surface area (Å²) in [5.74, 6) is 0.0651. The summed E-state index contributed by atoms with van der Waals surface area (Å²) in [6.07, 6.45) is 1.52. The van der Waals surface area contributed by atoms with E-state index in [0.717, 1.165) is 28.0 Å². The number of hydrogen-bond acceptors (Lipinski definition) is 5. The molecule has 0 saturated carbocycles. The molecule has 7 nitrogen and oxygen atoms in total. The molecule has 0 aromatic heterocycles. The largest absolute Gasteiger partial charge is 0.494 e. The number of imide groups is 2. The topological polar surface area (TPSA) is 93.7 Å². The molecule has 0 spiro atoms. The fourth-order valence-electron chi connectivity index (χ4n) is 4.53. The molecule has 2 aliphatic heterocycles. The standard InChI is InChI=1S/C29H24N2O5/c1-3-35-19-14-12-18(13-15-19)26-22(16-23-27(32)30-29(34)31-28(23)33)25(20-9-5-4-8-17(20)2)21-10-6-7-11-24(21)36-26/h4-16,25H,3H2,1-2H3,(H2,30,31,32,33,34)/t25-/m0/s1. The summed E-state index contributed by atoms with van der Waals surface area (Å²) >= 11 is 0. The van der Waals surface area contributed by atoms with Gasteiger partial charge in [0.25, 0.3) is 11.8 Å². The van der Waals surface area contributed by atoms with Crippen LogP contribution in [-0.4, -0.2) is 24.5 Å². The molecular formula is C29H24N2O5. The lowest BCUT2D eigenvalue weighted by Gasteiger charge is -2.31. The number of allylic oxidation sites excluding steroid dienone is 2. The van der Waals surface area contributed by atoms with E-state index in [1.165, 1.54) is 6.08 Å². The highest BCUT2D eigenvalue weighted by Gasteiger charge is 2.35. The van der Waals surface area contributed by atoms with Crippen LogP contribution in [-0.2, 0) is 9.59 Å². The van der Waals surface area contributed by atoms with Gasteiger partial charge in [0, 0.05) is 22.6 Å². The fraction of sp³-hybridized carbons (Fsp3) is 0.138. The fourth-order valence-corrected chi connectivity index (χ4v) is 4.53. The van der Waals surface area contributed by atoms with E-state index < -0.39 is 17.8 Å². The second-order valence-electron chi connectivity index (χ2n) is 8.47. The highest BCUT2D eigenvalue weighted by molar-refractivity contribution is 6.29. The lowest BCUT2D eigenvalue weighted by atomic mass is 9.79. The third-order valence-electron chi connectivity index (χ3n) is 6.19. The molecule has 0 bridgehead atoms. The highest BCUT2D eigenvalue weighted by Crippen LogP contribution is 2.47. The Bertz CT molecular complexity index is 1410. The third kappa shape index (κ3) is 4.27. The Morgan fingerprint density at radius 2 is 1.50 bits per heavy atom. The molecule has 4 amide bonds. The minimum absolute atomic E-state index is 0.172. The summed E-state index contributed by atoms with van der Waals surface area (Å²) < 4.78 is 12.0. The van der Waals surface area contributed by atoms with Crippen molar-refractivity contribution in [2.75, 3.05) is 6.61 Å². The number of para-hydroxylation sites is 1. The van der Waals surface area contributed by atoms with Crippen LogP contribution >= 0.6 is 0 Å². The molecule has 180 valence electrons. The number of rotatable bonds is 5. The van der Waals surface area contributed by atoms with E-state index in [0.29, 0.717) is 23.7 Å². The molecule has 36 heavy (non-hydrogen) atoms. The van der Waals surface area contributed by atoms with Crippen molar-refractivity contribution >= 4 is 23.6 Å². The molecule has 0 radical (unpaired) electrons. The van der Waals surface area contributed by atoms with Gasteiger partial charge < -0.3 is 9.47 Å². The van der Waals surface area contributed by atoms with Crippen molar-refractivity contribution in [3.8, 4) is 11.5 Å². The molecule has 1 saturated heterocycles. The van der Waals surface area contributed by atoms with Crippen LogP contribution in [0.2, 0.25) is 0 Å². The number of nitrogens with one attached hydrogen (secondary N) is 2. The molecule has 7 heteroatoms. The Morgan fingerprint density at radius 3 is 2.17 bits per heavy atom. The summed E-state index contributed by atoms with van der Waals surface area (Å²) in [5, 5.41) is 4.31. The number of urea groups is 1. The smallest absolute Gasteiger partial charge is 0.328 e. The summed E-state index contributed by atoms with van der Waals surface area (Å²) in [4.78, 5) is 37.0. The molecule has 1 atom stereocenters. The quantitative estimate of drug-likeness (QED) is 0.411. The number of hydrogen-bond donors (Lipinski definition) is 2. The van der Waals surface area contributed by atoms with Crippen molar-refractivity contribution in [2.24, 2.45) is 0 Å². The molecule has 3 aromatic carbocycles. The summed E-state index contributed by atoms with van der Waals surface area (Å²) in [6.45, 7) is 4.48. The zero-order chi connectivity index (χ0) is 25.2. The Hall–Kier alpha value is -4.65. The molecule has 0 unspecified atom stereocenters. The number of carbonyl (C=O) groups is 3. The highest BCUT2D eigenvalue weighted by atomic mass is 16.5. The number of aryl methyl sites for hydroxylation is 1. The van der Waals surface area contributed by atoms with Crippen LogP contribution < -0.4 is 20.1 Å². The van der Waals surface area contributed by atoms with Gasteiger partial charge in [0.05, 0.1) is 6.61 Å². The van der Waals surface area contributed by atoms with E-state index in [4.69, 9.17) is 9.47 Å². The van der Waals surface area contributed by atoms with Crippen LogP contribution in [0.4, 0.5) is 4.79 Å². The zero-order valence-electron chi connectivity index (χ0n) is 19.8. The Labute approximate surface area is 208 Å². The molecule has 1 fully saturated rings. The minimum Gasteiger partial charge on any atom is -0.494 e. The maximum atomic E-state index is 12.7. The van der Waals surface area contributed by atoms with Crippen molar-refractivity contribution in [1.29, 1.82) is 0 Å². The summed E-state index contributed by atoms with van der Waals surface area (Å²) in [7, 11) is 0. The van der Waals surface area contributed by atoms with Gasteiger partial charge in [-0.15, -0.1) is 0 Å². The molecule has 5 rings (SSSR count). The van der Waals surface area contributed by atoms with E-state index in [1.807, 2.05) is 86.6 Å². The summed E-state index contributed by atoms with van der Waals surface area (Å²) in [5.41, 5.74) is 4.17. The van der Waals surface area contributed by atoms with Crippen LogP contribution in [0.15, 0.2) is 90.0 Å². The number of carbonyl (C=O) groups excluding carboxylic acids is 3. The van der Waals surface area contributed by atoms with Crippen LogP contribution in [0.5, 0.6) is 11.5 Å². The van der Waals surface area contributed by atoms with Gasteiger partial charge in [0.15, 0.2) is 0 Å². The Balaban J connectivity index is 1.77. The lowest BCUT2D eigenvalue weighted by molar-refractivity contribution is -0.124. The van der Waals surface area contributed by atoms with Crippen LogP contribution in [0.25, 0.3) is 5.76 Å². The minimum atomic E-state index is -0.844. The van der Waals surface area contributed by atoms with Crippen LogP contribution in [0.3, 0.4) is 0 Å². The van der Waals surface area contributed by atoms with E-state index in [2.05, 4.69) is 10.6 Å². The van der Waals surface area contributed by atoms with Gasteiger partial charge in [-0.2, -0.15) is 0 Å². The van der Waals surface area contributed by atoms with Crippen molar-refractivity contribution in [3.05, 3.63) is 112 Å². The van der Waals surface area contributed by atoms with Gasteiger partial charge >= 0.3 is 6.03 Å². The molecular weight excluding hydrogens is 456 g/mol. The molecule has 0 aliphatic carbocycles. The second-order valence-corrected chi connectivity index (χ2v) is 8.47. The van der Waals surface area contributed by atoms with Crippen molar-refractivity contribution in [2.45, 2.75) is 19.8 Å². The Kier molecular flexibility index (Phi) is 6.12. The third-order valence-corrected chi connectivity index (χ3v) is 6.19. The monoisotopic (exact) mass is 480 g/mol. The van der Waals surface area contributed by atoms with E-state index in [-0.39, 0.29) is 11.5 Å². The lowest BCUT2D eigenvalue weighted by Crippen LogP contribution is -2.51. The number of amides is 4. The van der Waals surface area contributed by atoms with Crippen LogP contribution in [0, 0.1) is 6.92 Å². The summed E-state index contributed by atoms with van der Waals surface area (Å²) in [6, 6.07) is 22.3. The first-order valence-corrected chi connectivity index (χ1v) is 11.6. The van der Waals surface area contributed by atoms with Gasteiger partial charge in [-0.3, -0.25) is 20.2 Å². The average molecular weight is 481 g/mol. The van der Waals surface area contributed by atoms with Gasteiger partial charge in [-0.05, 0) is 61.4 Å². The number of barbiturate groups is 1. The maximum absolute atomic E-state index is 12.7. The molecule has 3 aromatic rings. The van der Waals surface area contributed by atoms with Crippen molar-refractivity contribution in [3.63, 3.8) is 0 Å². The van der Waals surface area contributed by atoms with E-state index in [1.54, 1.807) is 0 Å². The van der Waals surface area contributed by atoms with E-state index >= 15 is 0 Å². The van der Waals surface area contributed by atoms with Crippen molar-refractivity contribution in [1.82, 2.24) is 10.6 Å². The van der Waals surface area contributed by atoms with Crippen LogP contribution in [0.1, 0.15) is 35.1 Å². The number of fused-ring (bicyclic) bond motifs is 1. The average Bonchev–Trinajstić information content (AvgIpc) is 2.87. The van der Waals surface area contributed by atoms with Gasteiger partial charge in [-0.25, -0.2) is 4.79 Å². The zero-order valence-corrected chi connectivity index (χ0v) is 19.8. The molecule has 2 heterocycles. The van der Waals surface area contributed by atoms with Gasteiger partial charge in [0.1, 0.15) is 22.8 Å². The SMILES string of the molecule is CCOc1ccc(C2=C(C=C3C(=O)NC(=O)NC3=O)[C@@H](c3ccccc3C)c3ccccc3O2)cc1. The van der Waals surface area contributed by atoms with Crippen molar-refractivity contribution < 1.29 is 23.9 Å². The normalized spacial score (nSPS) is 17.1. The number of benzene rings is 3. The van der Waals surface area contributed by atoms with E-state index in [9.17, 15) is 14.4 Å². The first-order chi connectivity index (χ1) is 17.5. The van der Waals surface area contributed by atoms with Gasteiger partial charge in [0.2, 0.25) is 0 Å². The first-order valence-electron chi connectivity index (χ1n) is 11.6.